The van der Waals surface area contributed by atoms with E-state index in [4.69, 9.17) is 37.0 Å². The molecule has 12 atom stereocenters. The van der Waals surface area contributed by atoms with E-state index in [1.54, 1.807) is 0 Å². The van der Waals surface area contributed by atoms with Crippen LogP contribution >= 0.6 is 15.6 Å². The monoisotopic (exact) mass is 1510 g/mol. The van der Waals surface area contributed by atoms with E-state index >= 15 is 0 Å². The summed E-state index contributed by atoms with van der Waals surface area (Å²) in [5.41, 5.74) is 0. The molecule has 0 aromatic rings. The van der Waals surface area contributed by atoms with Gasteiger partial charge in [0.1, 0.15) is 19.3 Å². The first kappa shape index (κ1) is 94.4. The van der Waals surface area contributed by atoms with Crippen molar-refractivity contribution < 1.29 is 80.2 Å². The molecule has 0 amide bonds. The molecule has 0 aromatic heterocycles. The molecule has 0 bridgehead atoms. The van der Waals surface area contributed by atoms with Crippen LogP contribution in [0.25, 0.3) is 0 Å². The van der Waals surface area contributed by atoms with Crippen LogP contribution in [0.2, 0.25) is 0 Å². The minimum atomic E-state index is -4.96. The standard InChI is InChI=1S/C85H158O17P2/c1-5-9-13-17-25-37-49-71-61-75(71)53-41-29-21-33-45-57-82(87)95-67-80(101-84(89)59-47-35-23-31-43-55-77-63-73(77)51-39-27-19-15-11-7-3)69-99-103(91,92)97-65-79(86)66-98-104(93,94)100-70-81(102-85(90)60-48-36-24-32-44-56-78-64-74(78)52-40-28-20-16-12-8-4)68-96-83(88)58-46-34-22-30-42-54-76-62-72(76)50-38-26-18-14-10-6-2/h71-81,86H,5-70H2,1-4H3,(H,91,92)(H,93,94)/t71-,72-,73-,74-,75+,76+,77+,78+,80-,81-/m0/s1. The topological polar surface area (TPSA) is 237 Å². The Bertz CT molecular complexity index is 2090. The van der Waals surface area contributed by atoms with Gasteiger partial charge in [0.15, 0.2) is 12.2 Å². The van der Waals surface area contributed by atoms with Gasteiger partial charge in [-0.05, 0) is 98.7 Å². The van der Waals surface area contributed by atoms with Gasteiger partial charge in [-0.2, -0.15) is 0 Å². The Hall–Kier alpha value is -1.94. The second-order valence-corrected chi connectivity index (χ2v) is 35.7. The quantitative estimate of drug-likeness (QED) is 0.0222. The van der Waals surface area contributed by atoms with E-state index in [1.165, 1.54) is 257 Å². The van der Waals surface area contributed by atoms with Gasteiger partial charge in [0.2, 0.25) is 0 Å². The van der Waals surface area contributed by atoms with Gasteiger partial charge in [0, 0.05) is 25.7 Å². The van der Waals surface area contributed by atoms with Crippen molar-refractivity contribution in [3.63, 3.8) is 0 Å². The van der Waals surface area contributed by atoms with E-state index in [2.05, 4.69) is 27.7 Å². The van der Waals surface area contributed by atoms with Gasteiger partial charge in [-0.1, -0.05) is 336 Å². The van der Waals surface area contributed by atoms with Crippen molar-refractivity contribution in [2.24, 2.45) is 47.3 Å². The van der Waals surface area contributed by atoms with Gasteiger partial charge in [-0.15, -0.1) is 0 Å². The largest absolute Gasteiger partial charge is 0.472 e. The zero-order valence-corrected chi connectivity index (χ0v) is 68.8. The number of rotatable bonds is 78. The second-order valence-electron chi connectivity index (χ2n) is 32.8. The van der Waals surface area contributed by atoms with E-state index in [0.29, 0.717) is 25.7 Å². The molecule has 19 heteroatoms. The molecule has 2 unspecified atom stereocenters. The molecule has 4 rings (SSSR count). The summed E-state index contributed by atoms with van der Waals surface area (Å²) in [6, 6.07) is 0. The van der Waals surface area contributed by atoms with Crippen molar-refractivity contribution in [3.8, 4) is 0 Å². The SMILES string of the molecule is CCCCCCCC[C@H]1C[C@H]1CCCCCCCC(=O)OC[C@@H](COP(=O)(O)OCC(O)COP(=O)(O)OC[C@H](COC(=O)CCCCCCC[C@@H]1C[C@@H]1CCCCCCCC)OC(=O)CCCCCCC[C@@H]1C[C@@H]1CCCCCCCC)OC(=O)CCCCCCC[C@@H]1C[C@@H]1CCCCCCCC. The first-order valence-electron chi connectivity index (χ1n) is 44.1. The first-order valence-corrected chi connectivity index (χ1v) is 47.1. The number of hydrogen-bond acceptors (Lipinski definition) is 15. The lowest BCUT2D eigenvalue weighted by molar-refractivity contribution is -0.161. The fraction of sp³-hybridized carbons (Fsp3) is 0.953. The highest BCUT2D eigenvalue weighted by Crippen LogP contribution is 2.50. The number of hydrogen-bond donors (Lipinski definition) is 3. The molecule has 0 radical (unpaired) electrons. The predicted molar refractivity (Wildman–Crippen MR) is 419 cm³/mol. The van der Waals surface area contributed by atoms with Gasteiger partial charge in [0.05, 0.1) is 26.4 Å². The molecule has 610 valence electrons. The molecule has 104 heavy (non-hydrogen) atoms. The van der Waals surface area contributed by atoms with Gasteiger partial charge in [-0.25, -0.2) is 9.13 Å². The van der Waals surface area contributed by atoms with Crippen molar-refractivity contribution >= 4 is 39.5 Å². The second kappa shape index (κ2) is 60.7. The predicted octanol–water partition coefficient (Wildman–Crippen LogP) is 24.0. The van der Waals surface area contributed by atoms with Gasteiger partial charge < -0.3 is 33.8 Å². The van der Waals surface area contributed by atoms with Crippen LogP contribution < -0.4 is 0 Å². The fourth-order valence-corrected chi connectivity index (χ4v) is 17.3. The zero-order valence-electron chi connectivity index (χ0n) is 67.0. The van der Waals surface area contributed by atoms with Gasteiger partial charge >= 0.3 is 39.5 Å². The van der Waals surface area contributed by atoms with E-state index in [1.807, 2.05) is 0 Å². The van der Waals surface area contributed by atoms with Gasteiger partial charge in [0.25, 0.3) is 0 Å². The van der Waals surface area contributed by atoms with Crippen molar-refractivity contribution in [2.75, 3.05) is 39.6 Å². The Balaban J connectivity index is 1.16. The molecule has 4 aliphatic rings. The number of phosphoric acid groups is 2. The fourth-order valence-electron chi connectivity index (χ4n) is 15.7. The number of phosphoric ester groups is 2. The van der Waals surface area contributed by atoms with Crippen molar-refractivity contribution in [2.45, 2.75) is 431 Å². The Morgan fingerprint density at radius 2 is 0.471 bits per heavy atom. The number of carbonyl (C=O) groups excluding carboxylic acids is 4. The molecule has 0 aliphatic heterocycles. The lowest BCUT2D eigenvalue weighted by Gasteiger charge is -2.21. The number of esters is 4. The molecule has 0 aromatic carbocycles. The Kier molecular flexibility index (Phi) is 55.2. The Labute approximate surface area is 634 Å². The van der Waals surface area contributed by atoms with Crippen LogP contribution in [0.4, 0.5) is 0 Å². The highest BCUT2D eigenvalue weighted by molar-refractivity contribution is 7.47. The summed E-state index contributed by atoms with van der Waals surface area (Å²) >= 11 is 0. The molecule has 0 spiro atoms. The molecular formula is C85H158O17P2. The average molecular weight is 1510 g/mol. The third kappa shape index (κ3) is 53.0. The third-order valence-corrected chi connectivity index (χ3v) is 24.9. The molecule has 3 N–H and O–H groups in total. The molecule has 0 heterocycles. The molecular weight excluding hydrogens is 1350 g/mol. The molecule has 17 nitrogen and oxygen atoms in total. The highest BCUT2D eigenvalue weighted by Gasteiger charge is 2.38. The number of ether oxygens (including phenoxy) is 4. The van der Waals surface area contributed by atoms with E-state index in [9.17, 15) is 43.2 Å². The minimum absolute atomic E-state index is 0.116. The van der Waals surface area contributed by atoms with E-state index in [-0.39, 0.29) is 25.7 Å². The van der Waals surface area contributed by atoms with Crippen molar-refractivity contribution in [3.05, 3.63) is 0 Å². The van der Waals surface area contributed by atoms with Crippen LogP contribution in [0.5, 0.6) is 0 Å². The number of aliphatic hydroxyl groups is 1. The Morgan fingerprint density at radius 1 is 0.279 bits per heavy atom. The number of unbranched alkanes of at least 4 members (excludes halogenated alkanes) is 36. The minimum Gasteiger partial charge on any atom is -0.462 e. The van der Waals surface area contributed by atoms with Crippen LogP contribution in [0.15, 0.2) is 0 Å². The third-order valence-electron chi connectivity index (χ3n) is 23.0. The molecule has 4 aliphatic carbocycles. The molecule has 0 saturated heterocycles. The summed E-state index contributed by atoms with van der Waals surface area (Å²) in [5, 5.41) is 10.7. The van der Waals surface area contributed by atoms with E-state index < -0.39 is 97.5 Å². The highest BCUT2D eigenvalue weighted by atomic mass is 31.2. The number of carbonyl (C=O) groups is 4. The molecule has 4 saturated carbocycles. The van der Waals surface area contributed by atoms with Gasteiger partial charge in [-0.3, -0.25) is 37.3 Å². The van der Waals surface area contributed by atoms with Crippen LogP contribution in [0, 0.1) is 47.3 Å². The van der Waals surface area contributed by atoms with E-state index in [0.717, 1.165) is 124 Å². The van der Waals surface area contributed by atoms with Crippen LogP contribution in [0.3, 0.4) is 0 Å². The molecule has 4 fully saturated rings. The van der Waals surface area contributed by atoms with Crippen LogP contribution in [-0.4, -0.2) is 96.7 Å². The maximum Gasteiger partial charge on any atom is 0.472 e. The van der Waals surface area contributed by atoms with Crippen LogP contribution in [-0.2, 0) is 65.4 Å². The van der Waals surface area contributed by atoms with Crippen molar-refractivity contribution in [1.82, 2.24) is 0 Å². The smallest absolute Gasteiger partial charge is 0.462 e. The van der Waals surface area contributed by atoms with Crippen molar-refractivity contribution in [1.29, 1.82) is 0 Å². The lowest BCUT2D eigenvalue weighted by Crippen LogP contribution is -2.30. The summed E-state index contributed by atoms with van der Waals surface area (Å²) in [7, 11) is -9.93. The summed E-state index contributed by atoms with van der Waals surface area (Å²) in [6.45, 7) is 5.12. The summed E-state index contributed by atoms with van der Waals surface area (Å²) in [6.07, 6.45) is 64.2. The Morgan fingerprint density at radius 3 is 0.702 bits per heavy atom. The summed E-state index contributed by atoms with van der Waals surface area (Å²) in [5.74, 6) is 5.11. The lowest BCUT2D eigenvalue weighted by atomic mass is 10.0. The normalized spacial score (nSPS) is 21.6. The zero-order chi connectivity index (χ0) is 75.0. The number of aliphatic hydroxyl groups excluding tert-OH is 1. The average Bonchev–Trinajstić information content (AvgIpc) is 1.48. The summed E-state index contributed by atoms with van der Waals surface area (Å²) < 4.78 is 69.2. The first-order chi connectivity index (χ1) is 50.5. The maximum atomic E-state index is 13.2. The summed E-state index contributed by atoms with van der Waals surface area (Å²) in [4.78, 5) is 73.6. The van der Waals surface area contributed by atoms with Crippen LogP contribution in [0.1, 0.15) is 413 Å². The maximum absolute atomic E-state index is 13.2.